The van der Waals surface area contributed by atoms with E-state index >= 15 is 0 Å². The molecular weight excluding hydrogens is 321 g/mol. The Morgan fingerprint density at radius 2 is 1.92 bits per heavy atom. The van der Waals surface area contributed by atoms with Crippen molar-refractivity contribution in [3.63, 3.8) is 0 Å². The predicted octanol–water partition coefficient (Wildman–Crippen LogP) is 6.61. The van der Waals surface area contributed by atoms with Gasteiger partial charge in [0.25, 0.3) is 0 Å². The molecule has 134 valence electrons. The third kappa shape index (κ3) is 3.16. The first-order valence-electron chi connectivity index (χ1n) is 10.0. The molecule has 0 heterocycles. The molecule has 2 heteroatoms. The van der Waals surface area contributed by atoms with Gasteiger partial charge in [0.05, 0.1) is 11.6 Å². The van der Waals surface area contributed by atoms with E-state index in [0.29, 0.717) is 17.0 Å². The summed E-state index contributed by atoms with van der Waals surface area (Å²) in [6.45, 7) is 2.28. The normalized spacial score (nSPS) is 24.4. The van der Waals surface area contributed by atoms with Gasteiger partial charge in [-0.15, -0.1) is 0 Å². The van der Waals surface area contributed by atoms with E-state index < -0.39 is 0 Å². The minimum absolute atomic E-state index is 0.121. The Balaban J connectivity index is 1.63. The summed E-state index contributed by atoms with van der Waals surface area (Å²) in [7, 11) is 0. The molecule has 4 rings (SSSR count). The number of nitrogens with zero attached hydrogens (tertiary/aromatic N) is 1. The van der Waals surface area contributed by atoms with Crippen molar-refractivity contribution >= 4 is 0 Å². The van der Waals surface area contributed by atoms with Crippen molar-refractivity contribution < 1.29 is 4.39 Å². The van der Waals surface area contributed by atoms with Gasteiger partial charge in [-0.2, -0.15) is 5.26 Å². The molecule has 0 radical (unpaired) electrons. The molecule has 2 aliphatic carbocycles. The van der Waals surface area contributed by atoms with Crippen LogP contribution in [-0.2, 0) is 6.42 Å². The van der Waals surface area contributed by atoms with Crippen LogP contribution in [0.4, 0.5) is 4.39 Å². The Labute approximate surface area is 155 Å². The average molecular weight is 347 g/mol. The molecule has 2 aliphatic rings. The van der Waals surface area contributed by atoms with E-state index in [4.69, 9.17) is 5.26 Å². The Kier molecular flexibility index (Phi) is 4.81. The lowest BCUT2D eigenvalue weighted by Crippen LogP contribution is -2.28. The monoisotopic (exact) mass is 347 g/mol. The largest absolute Gasteiger partial charge is 0.206 e. The van der Waals surface area contributed by atoms with Crippen LogP contribution in [0.25, 0.3) is 11.1 Å². The van der Waals surface area contributed by atoms with Crippen LogP contribution >= 0.6 is 0 Å². The van der Waals surface area contributed by atoms with Gasteiger partial charge in [0.1, 0.15) is 5.82 Å². The molecule has 2 aromatic carbocycles. The SMILES string of the molecule is CCCC1CCC2c3cc(F)c(-c4ccc(C#N)cc4)cc3CCC2C1. The van der Waals surface area contributed by atoms with E-state index in [0.717, 1.165) is 23.8 Å². The van der Waals surface area contributed by atoms with E-state index in [9.17, 15) is 4.39 Å². The lowest BCUT2D eigenvalue weighted by atomic mass is 9.64. The van der Waals surface area contributed by atoms with Gasteiger partial charge in [0.15, 0.2) is 0 Å². The summed E-state index contributed by atoms with van der Waals surface area (Å²) in [4.78, 5) is 0. The third-order valence-corrected chi connectivity index (χ3v) is 6.53. The fourth-order valence-corrected chi connectivity index (χ4v) is 5.24. The summed E-state index contributed by atoms with van der Waals surface area (Å²) >= 11 is 0. The molecule has 26 heavy (non-hydrogen) atoms. The van der Waals surface area contributed by atoms with Crippen molar-refractivity contribution in [2.24, 2.45) is 11.8 Å². The molecule has 0 saturated heterocycles. The molecule has 0 bridgehead atoms. The number of fused-ring (bicyclic) bond motifs is 3. The number of aryl methyl sites for hydroxylation is 1. The maximum absolute atomic E-state index is 14.9. The van der Waals surface area contributed by atoms with E-state index in [-0.39, 0.29) is 5.82 Å². The second-order valence-corrected chi connectivity index (χ2v) is 8.09. The highest BCUT2D eigenvalue weighted by atomic mass is 19.1. The van der Waals surface area contributed by atoms with Crippen LogP contribution in [0, 0.1) is 29.0 Å². The Hall–Kier alpha value is -2.14. The summed E-state index contributed by atoms with van der Waals surface area (Å²) in [5.74, 6) is 2.06. The van der Waals surface area contributed by atoms with Gasteiger partial charge in [0.2, 0.25) is 0 Å². The van der Waals surface area contributed by atoms with Gasteiger partial charge in [-0.25, -0.2) is 4.39 Å². The van der Waals surface area contributed by atoms with Crippen molar-refractivity contribution in [3.8, 4) is 17.2 Å². The summed E-state index contributed by atoms with van der Waals surface area (Å²) in [5.41, 5.74) is 4.75. The summed E-state index contributed by atoms with van der Waals surface area (Å²) in [6.07, 6.45) is 8.79. The van der Waals surface area contributed by atoms with Crippen molar-refractivity contribution in [1.29, 1.82) is 5.26 Å². The zero-order chi connectivity index (χ0) is 18.1. The lowest BCUT2D eigenvalue weighted by molar-refractivity contribution is 0.201. The molecule has 0 N–H and O–H groups in total. The lowest BCUT2D eigenvalue weighted by Gasteiger charge is -2.41. The third-order valence-electron chi connectivity index (χ3n) is 6.53. The average Bonchev–Trinajstić information content (AvgIpc) is 2.67. The highest BCUT2D eigenvalue weighted by Crippen LogP contribution is 2.48. The fraction of sp³-hybridized carbons (Fsp3) is 0.458. The molecular formula is C24H26FN. The maximum Gasteiger partial charge on any atom is 0.131 e. The second kappa shape index (κ2) is 7.23. The first-order valence-corrected chi connectivity index (χ1v) is 10.0. The summed E-state index contributed by atoms with van der Waals surface area (Å²) in [5, 5.41) is 8.95. The first kappa shape index (κ1) is 17.3. The van der Waals surface area contributed by atoms with Crippen LogP contribution in [0.2, 0.25) is 0 Å². The smallest absolute Gasteiger partial charge is 0.131 e. The van der Waals surface area contributed by atoms with Crippen molar-refractivity contribution in [1.82, 2.24) is 0 Å². The highest BCUT2D eigenvalue weighted by molar-refractivity contribution is 5.67. The minimum atomic E-state index is -0.121. The fourth-order valence-electron chi connectivity index (χ4n) is 5.24. The van der Waals surface area contributed by atoms with Crippen LogP contribution in [0.3, 0.4) is 0 Å². The van der Waals surface area contributed by atoms with E-state index in [2.05, 4.69) is 19.1 Å². The van der Waals surface area contributed by atoms with Gasteiger partial charge in [-0.05, 0) is 90.8 Å². The zero-order valence-corrected chi connectivity index (χ0v) is 15.5. The molecule has 3 unspecified atom stereocenters. The number of nitriles is 1. The molecule has 0 amide bonds. The molecule has 1 nitrogen and oxygen atoms in total. The topological polar surface area (TPSA) is 23.8 Å². The number of hydrogen-bond acceptors (Lipinski definition) is 1. The van der Waals surface area contributed by atoms with Gasteiger partial charge in [0, 0.05) is 5.56 Å². The van der Waals surface area contributed by atoms with Gasteiger partial charge < -0.3 is 0 Å². The van der Waals surface area contributed by atoms with Crippen LogP contribution in [0.5, 0.6) is 0 Å². The number of rotatable bonds is 3. The predicted molar refractivity (Wildman–Crippen MR) is 103 cm³/mol. The first-order chi connectivity index (χ1) is 12.7. The molecule has 0 aromatic heterocycles. The molecule has 1 fully saturated rings. The van der Waals surface area contributed by atoms with Gasteiger partial charge >= 0.3 is 0 Å². The number of benzene rings is 2. The Morgan fingerprint density at radius 3 is 2.65 bits per heavy atom. The molecule has 0 spiro atoms. The maximum atomic E-state index is 14.9. The standard InChI is InChI=1S/C24H26FN/c1-2-3-16-6-11-21-19(12-16)9-10-20-13-23(24(25)14-22(20)21)18-7-4-17(15-26)5-8-18/h4-5,7-8,13-14,16,19,21H,2-3,6,9-12H2,1H3. The molecule has 3 atom stereocenters. The summed E-state index contributed by atoms with van der Waals surface area (Å²) in [6, 6.07) is 13.2. The zero-order valence-electron chi connectivity index (χ0n) is 15.5. The van der Waals surface area contributed by atoms with Crippen molar-refractivity contribution in [3.05, 3.63) is 58.9 Å². The van der Waals surface area contributed by atoms with Crippen LogP contribution in [0.15, 0.2) is 36.4 Å². The van der Waals surface area contributed by atoms with Crippen molar-refractivity contribution in [2.45, 2.75) is 57.8 Å². The Bertz CT molecular complexity index is 831. The highest BCUT2D eigenvalue weighted by Gasteiger charge is 2.35. The van der Waals surface area contributed by atoms with E-state index in [1.54, 1.807) is 12.1 Å². The van der Waals surface area contributed by atoms with Crippen LogP contribution in [0.1, 0.15) is 68.1 Å². The van der Waals surface area contributed by atoms with Crippen LogP contribution < -0.4 is 0 Å². The summed E-state index contributed by atoms with van der Waals surface area (Å²) < 4.78 is 14.9. The minimum Gasteiger partial charge on any atom is -0.206 e. The quantitative estimate of drug-likeness (QED) is 0.613. The van der Waals surface area contributed by atoms with E-state index in [1.165, 1.54) is 49.7 Å². The van der Waals surface area contributed by atoms with Gasteiger partial charge in [-0.3, -0.25) is 0 Å². The van der Waals surface area contributed by atoms with E-state index in [1.807, 2.05) is 18.2 Å². The van der Waals surface area contributed by atoms with Crippen LogP contribution in [-0.4, -0.2) is 0 Å². The Morgan fingerprint density at radius 1 is 1.12 bits per heavy atom. The molecule has 1 saturated carbocycles. The van der Waals surface area contributed by atoms with Crippen molar-refractivity contribution in [2.75, 3.05) is 0 Å². The number of halogens is 1. The van der Waals surface area contributed by atoms with Gasteiger partial charge in [-0.1, -0.05) is 31.9 Å². The molecule has 0 aliphatic heterocycles. The molecule has 2 aromatic rings. The number of hydrogen-bond donors (Lipinski definition) is 0. The second-order valence-electron chi connectivity index (χ2n) is 8.09.